The van der Waals surface area contributed by atoms with E-state index in [4.69, 9.17) is 10.5 Å². The van der Waals surface area contributed by atoms with Crippen LogP contribution in [-0.4, -0.2) is 18.5 Å². The highest BCUT2D eigenvalue weighted by Gasteiger charge is 2.17. The van der Waals surface area contributed by atoms with Crippen molar-refractivity contribution in [3.63, 3.8) is 0 Å². The van der Waals surface area contributed by atoms with Crippen molar-refractivity contribution in [2.75, 3.05) is 13.2 Å². The highest BCUT2D eigenvalue weighted by Crippen LogP contribution is 2.34. The first-order chi connectivity index (χ1) is 8.16. The van der Waals surface area contributed by atoms with E-state index < -0.39 is 0 Å². The van der Waals surface area contributed by atoms with Crippen molar-refractivity contribution in [1.82, 2.24) is 0 Å². The van der Waals surface area contributed by atoms with Gasteiger partial charge in [0.1, 0.15) is 5.82 Å². The molecule has 1 aromatic carbocycles. The molecule has 1 aromatic rings. The van der Waals surface area contributed by atoms with Crippen molar-refractivity contribution in [3.05, 3.63) is 29.6 Å². The average molecular weight is 255 g/mol. The molecule has 1 aliphatic heterocycles. The summed E-state index contributed by atoms with van der Waals surface area (Å²) < 4.78 is 18.5. The molecule has 0 aromatic heterocycles. The monoisotopic (exact) mass is 255 g/mol. The second-order valence-corrected chi connectivity index (χ2v) is 5.74. The summed E-state index contributed by atoms with van der Waals surface area (Å²) in [5, 5.41) is 0.562. The van der Waals surface area contributed by atoms with E-state index in [1.807, 2.05) is 13.0 Å². The number of thioether (sulfide) groups is 1. The Morgan fingerprint density at radius 2 is 2.12 bits per heavy atom. The molecule has 94 valence electrons. The van der Waals surface area contributed by atoms with Crippen LogP contribution in [0.4, 0.5) is 4.39 Å². The Morgan fingerprint density at radius 3 is 2.76 bits per heavy atom. The third-order valence-electron chi connectivity index (χ3n) is 2.92. The maximum Gasteiger partial charge on any atom is 0.123 e. The van der Waals surface area contributed by atoms with E-state index in [0.717, 1.165) is 36.5 Å². The third-order valence-corrected chi connectivity index (χ3v) is 4.35. The van der Waals surface area contributed by atoms with Crippen LogP contribution in [0.25, 0.3) is 0 Å². The van der Waals surface area contributed by atoms with Gasteiger partial charge in [0, 0.05) is 29.4 Å². The van der Waals surface area contributed by atoms with Gasteiger partial charge in [-0.15, -0.1) is 11.8 Å². The summed E-state index contributed by atoms with van der Waals surface area (Å²) in [5.41, 5.74) is 6.79. The summed E-state index contributed by atoms with van der Waals surface area (Å²) in [5.74, 6) is -0.214. The molecule has 17 heavy (non-hydrogen) atoms. The quantitative estimate of drug-likeness (QED) is 0.901. The Hall–Kier alpha value is -0.580. The van der Waals surface area contributed by atoms with Crippen LogP contribution in [0, 0.1) is 5.82 Å². The molecule has 1 aliphatic rings. The first-order valence-electron chi connectivity index (χ1n) is 5.96. The minimum absolute atomic E-state index is 0.131. The smallest absolute Gasteiger partial charge is 0.123 e. The van der Waals surface area contributed by atoms with E-state index in [9.17, 15) is 4.39 Å². The molecule has 2 nitrogen and oxygen atoms in total. The van der Waals surface area contributed by atoms with Gasteiger partial charge in [-0.1, -0.05) is 0 Å². The van der Waals surface area contributed by atoms with E-state index in [0.29, 0.717) is 5.25 Å². The predicted octanol–water partition coefficient (Wildman–Crippen LogP) is 3.12. The Balaban J connectivity index is 2.13. The van der Waals surface area contributed by atoms with Crippen molar-refractivity contribution < 1.29 is 9.13 Å². The molecule has 0 radical (unpaired) electrons. The maximum atomic E-state index is 13.2. The Labute approximate surface area is 106 Å². The van der Waals surface area contributed by atoms with Gasteiger partial charge >= 0.3 is 0 Å². The van der Waals surface area contributed by atoms with Crippen molar-refractivity contribution >= 4 is 11.8 Å². The molecule has 0 amide bonds. The highest BCUT2D eigenvalue weighted by atomic mass is 32.2. The molecule has 0 bridgehead atoms. The third kappa shape index (κ3) is 3.44. The zero-order chi connectivity index (χ0) is 12.3. The first kappa shape index (κ1) is 12.9. The van der Waals surface area contributed by atoms with Crippen LogP contribution >= 0.6 is 11.8 Å². The lowest BCUT2D eigenvalue weighted by Gasteiger charge is -2.23. The molecule has 1 heterocycles. The molecular formula is C13H18FNOS. The summed E-state index contributed by atoms with van der Waals surface area (Å²) in [6.45, 7) is 3.54. The lowest BCUT2D eigenvalue weighted by Crippen LogP contribution is -2.18. The second kappa shape index (κ2) is 5.85. The van der Waals surface area contributed by atoms with Gasteiger partial charge < -0.3 is 10.5 Å². The van der Waals surface area contributed by atoms with Crippen LogP contribution in [0.15, 0.2) is 23.1 Å². The van der Waals surface area contributed by atoms with Crippen molar-refractivity contribution in [2.45, 2.75) is 36.0 Å². The Kier molecular flexibility index (Phi) is 4.42. The summed E-state index contributed by atoms with van der Waals surface area (Å²) >= 11 is 1.80. The van der Waals surface area contributed by atoms with Gasteiger partial charge in [0.05, 0.1) is 0 Å². The molecule has 0 spiro atoms. The number of ether oxygens (including phenoxy) is 1. The summed E-state index contributed by atoms with van der Waals surface area (Å²) in [7, 11) is 0. The Morgan fingerprint density at radius 1 is 1.41 bits per heavy atom. The van der Waals surface area contributed by atoms with Crippen molar-refractivity contribution in [3.8, 4) is 0 Å². The zero-order valence-corrected chi connectivity index (χ0v) is 10.8. The van der Waals surface area contributed by atoms with Crippen LogP contribution in [0.5, 0.6) is 0 Å². The van der Waals surface area contributed by atoms with Gasteiger partial charge in [0.15, 0.2) is 0 Å². The van der Waals surface area contributed by atoms with E-state index in [1.165, 1.54) is 6.07 Å². The summed E-state index contributed by atoms with van der Waals surface area (Å²) in [4.78, 5) is 1.10. The fourth-order valence-electron chi connectivity index (χ4n) is 1.96. The zero-order valence-electron chi connectivity index (χ0n) is 9.99. The molecule has 1 saturated heterocycles. The van der Waals surface area contributed by atoms with E-state index in [-0.39, 0.29) is 11.9 Å². The topological polar surface area (TPSA) is 35.2 Å². The molecule has 4 heteroatoms. The maximum absolute atomic E-state index is 13.2. The molecule has 2 rings (SSSR count). The first-order valence-corrected chi connectivity index (χ1v) is 6.84. The Bertz CT molecular complexity index is 378. The fourth-order valence-corrected chi connectivity index (χ4v) is 3.27. The van der Waals surface area contributed by atoms with Crippen molar-refractivity contribution in [1.29, 1.82) is 0 Å². The summed E-state index contributed by atoms with van der Waals surface area (Å²) in [6.07, 6.45) is 2.11. The number of hydrogen-bond donors (Lipinski definition) is 1. The lowest BCUT2D eigenvalue weighted by molar-refractivity contribution is 0.1000. The molecule has 0 aliphatic carbocycles. The number of benzene rings is 1. The molecule has 0 saturated carbocycles. The van der Waals surface area contributed by atoms with Gasteiger partial charge in [-0.3, -0.25) is 0 Å². The van der Waals surface area contributed by atoms with Gasteiger partial charge in [-0.05, 0) is 43.5 Å². The minimum atomic E-state index is -0.214. The molecule has 1 atom stereocenters. The van der Waals surface area contributed by atoms with Crippen molar-refractivity contribution in [2.24, 2.45) is 5.73 Å². The van der Waals surface area contributed by atoms with Gasteiger partial charge in [0.25, 0.3) is 0 Å². The normalized spacial score (nSPS) is 19.2. The largest absolute Gasteiger partial charge is 0.381 e. The second-order valence-electron chi connectivity index (χ2n) is 4.40. The van der Waals surface area contributed by atoms with Gasteiger partial charge in [-0.25, -0.2) is 4.39 Å². The fraction of sp³-hybridized carbons (Fsp3) is 0.538. The van der Waals surface area contributed by atoms with Crippen LogP contribution in [0.3, 0.4) is 0 Å². The van der Waals surface area contributed by atoms with Gasteiger partial charge in [-0.2, -0.15) is 0 Å². The van der Waals surface area contributed by atoms with Crippen LogP contribution < -0.4 is 5.73 Å². The average Bonchev–Trinajstić information content (AvgIpc) is 2.32. The predicted molar refractivity (Wildman–Crippen MR) is 68.7 cm³/mol. The lowest BCUT2D eigenvalue weighted by atomic mass is 10.1. The molecular weight excluding hydrogens is 237 g/mol. The van der Waals surface area contributed by atoms with E-state index >= 15 is 0 Å². The van der Waals surface area contributed by atoms with Gasteiger partial charge in [0.2, 0.25) is 0 Å². The molecule has 1 fully saturated rings. The highest BCUT2D eigenvalue weighted by molar-refractivity contribution is 8.00. The number of rotatable bonds is 3. The van der Waals surface area contributed by atoms with Crippen LogP contribution in [0.2, 0.25) is 0 Å². The number of halogens is 1. The standard InChI is InChI=1S/C13H18FNOS/c1-9(15)12-8-10(14)2-3-13(12)17-11-4-6-16-7-5-11/h2-3,8-9,11H,4-7,15H2,1H3. The van der Waals surface area contributed by atoms with E-state index in [1.54, 1.807) is 17.8 Å². The van der Waals surface area contributed by atoms with Crippen LogP contribution in [0.1, 0.15) is 31.4 Å². The summed E-state index contributed by atoms with van der Waals surface area (Å²) in [6, 6.07) is 4.77. The number of nitrogens with two attached hydrogens (primary N) is 1. The minimum Gasteiger partial charge on any atom is -0.381 e. The number of hydrogen-bond acceptors (Lipinski definition) is 3. The molecule has 1 unspecified atom stereocenters. The van der Waals surface area contributed by atoms with Crippen LogP contribution in [-0.2, 0) is 4.74 Å². The SMILES string of the molecule is CC(N)c1cc(F)ccc1SC1CCOCC1. The van der Waals surface area contributed by atoms with E-state index in [2.05, 4.69) is 0 Å². The molecule has 2 N–H and O–H groups in total.